The van der Waals surface area contributed by atoms with E-state index in [4.69, 9.17) is 15.4 Å². The summed E-state index contributed by atoms with van der Waals surface area (Å²) in [4.78, 5) is 11.8. The number of amides is 1. The van der Waals surface area contributed by atoms with Crippen LogP contribution in [0, 0.1) is 12.8 Å². The van der Waals surface area contributed by atoms with E-state index < -0.39 is 9.05 Å². The van der Waals surface area contributed by atoms with Crippen LogP contribution in [0.25, 0.3) is 0 Å². The molecule has 0 aliphatic rings. The first-order valence-corrected chi connectivity index (χ1v) is 8.45. The second kappa shape index (κ2) is 6.45. The van der Waals surface area contributed by atoms with Crippen molar-refractivity contribution in [3.05, 3.63) is 17.7 Å². The molecule has 1 N–H and O–H groups in total. The molecule has 1 aromatic carbocycles. The van der Waals surface area contributed by atoms with Crippen LogP contribution >= 0.6 is 10.7 Å². The highest BCUT2D eigenvalue weighted by molar-refractivity contribution is 8.13. The van der Waals surface area contributed by atoms with E-state index in [2.05, 4.69) is 5.32 Å². The first kappa shape index (κ1) is 16.8. The fraction of sp³-hybridized carbons (Fsp3) is 0.462. The van der Waals surface area contributed by atoms with Crippen LogP contribution in [0.15, 0.2) is 17.0 Å². The minimum absolute atomic E-state index is 0.0438. The van der Waals surface area contributed by atoms with E-state index >= 15 is 0 Å². The molecule has 1 atom stereocenters. The van der Waals surface area contributed by atoms with Crippen molar-refractivity contribution in [1.29, 1.82) is 0 Å². The summed E-state index contributed by atoms with van der Waals surface area (Å²) in [6.07, 6.45) is 0.681. The zero-order valence-corrected chi connectivity index (χ0v) is 13.4. The third-order valence-electron chi connectivity index (χ3n) is 2.98. The number of benzene rings is 1. The highest BCUT2D eigenvalue weighted by Crippen LogP contribution is 2.35. The molecule has 0 aliphatic heterocycles. The number of carbonyl (C=O) groups excluding carboxylic acids is 1. The Bertz CT molecular complexity index is 613. The number of halogens is 1. The van der Waals surface area contributed by atoms with E-state index in [1.54, 1.807) is 19.9 Å². The molecule has 0 fully saturated rings. The predicted octanol–water partition coefficient (Wildman–Crippen LogP) is 2.92. The van der Waals surface area contributed by atoms with Crippen LogP contribution in [0.5, 0.6) is 5.75 Å². The standard InChI is InChI=1S/C13H18ClNO4S/c1-5-9(3)13(16)15-10-6-8(2)7-11(12(10)19-4)20(14,17)18/h6-7,9H,5H2,1-4H3,(H,15,16). The molecule has 112 valence electrons. The molecule has 0 radical (unpaired) electrons. The van der Waals surface area contributed by atoms with Gasteiger partial charge in [0.2, 0.25) is 5.91 Å². The van der Waals surface area contributed by atoms with Gasteiger partial charge in [-0.1, -0.05) is 13.8 Å². The van der Waals surface area contributed by atoms with Gasteiger partial charge in [0, 0.05) is 16.6 Å². The van der Waals surface area contributed by atoms with E-state index in [-0.39, 0.29) is 22.5 Å². The molecule has 5 nitrogen and oxygen atoms in total. The number of carbonyl (C=O) groups is 1. The number of hydrogen-bond acceptors (Lipinski definition) is 4. The van der Waals surface area contributed by atoms with Crippen molar-refractivity contribution in [2.24, 2.45) is 5.92 Å². The zero-order valence-electron chi connectivity index (χ0n) is 11.9. The van der Waals surface area contributed by atoms with Crippen molar-refractivity contribution in [3.63, 3.8) is 0 Å². The highest BCUT2D eigenvalue weighted by atomic mass is 35.7. The normalized spacial score (nSPS) is 12.8. The number of ether oxygens (including phenoxy) is 1. The van der Waals surface area contributed by atoms with Crippen LogP contribution in [0.2, 0.25) is 0 Å². The average molecular weight is 320 g/mol. The van der Waals surface area contributed by atoms with Gasteiger partial charge < -0.3 is 10.1 Å². The predicted molar refractivity (Wildman–Crippen MR) is 78.9 cm³/mol. The fourth-order valence-corrected chi connectivity index (χ4v) is 2.75. The number of anilines is 1. The highest BCUT2D eigenvalue weighted by Gasteiger charge is 2.22. The number of rotatable bonds is 5. The maximum Gasteiger partial charge on any atom is 0.265 e. The molecule has 20 heavy (non-hydrogen) atoms. The molecule has 1 rings (SSSR count). The lowest BCUT2D eigenvalue weighted by atomic mass is 10.1. The minimum Gasteiger partial charge on any atom is -0.493 e. The van der Waals surface area contributed by atoms with Crippen LogP contribution in [-0.2, 0) is 13.8 Å². The van der Waals surface area contributed by atoms with Crippen molar-refractivity contribution < 1.29 is 17.9 Å². The monoisotopic (exact) mass is 319 g/mol. The lowest BCUT2D eigenvalue weighted by Crippen LogP contribution is -2.20. The molecule has 0 saturated heterocycles. The van der Waals surface area contributed by atoms with Gasteiger partial charge in [0.25, 0.3) is 9.05 Å². The molecule has 1 unspecified atom stereocenters. The summed E-state index contributed by atoms with van der Waals surface area (Å²) in [5, 5.41) is 2.68. The summed E-state index contributed by atoms with van der Waals surface area (Å²) in [5.74, 6) is -0.340. The lowest BCUT2D eigenvalue weighted by molar-refractivity contribution is -0.119. The van der Waals surface area contributed by atoms with Crippen LogP contribution in [0.1, 0.15) is 25.8 Å². The summed E-state index contributed by atoms with van der Waals surface area (Å²) in [5.41, 5.74) is 0.960. The van der Waals surface area contributed by atoms with Crippen molar-refractivity contribution in [1.82, 2.24) is 0 Å². The quantitative estimate of drug-likeness (QED) is 0.847. The Balaban J connectivity index is 3.33. The summed E-state index contributed by atoms with van der Waals surface area (Å²) in [6, 6.07) is 3.05. The van der Waals surface area contributed by atoms with Gasteiger partial charge in [0.15, 0.2) is 5.75 Å². The van der Waals surface area contributed by atoms with Gasteiger partial charge in [-0.15, -0.1) is 0 Å². The average Bonchev–Trinajstić information content (AvgIpc) is 2.36. The third kappa shape index (κ3) is 3.86. The maximum absolute atomic E-state index is 11.9. The molecule has 1 amide bonds. The van der Waals surface area contributed by atoms with Gasteiger partial charge in [-0.2, -0.15) is 0 Å². The van der Waals surface area contributed by atoms with Crippen molar-refractivity contribution in [2.45, 2.75) is 32.1 Å². The van der Waals surface area contributed by atoms with Crippen LogP contribution in [0.3, 0.4) is 0 Å². The topological polar surface area (TPSA) is 72.5 Å². The van der Waals surface area contributed by atoms with Crippen molar-refractivity contribution >= 4 is 31.3 Å². The Kier molecular flexibility index (Phi) is 5.42. The molecule has 1 aromatic rings. The molecule has 0 aromatic heterocycles. The third-order valence-corrected chi connectivity index (χ3v) is 4.31. The molecule has 0 saturated carbocycles. The number of aryl methyl sites for hydroxylation is 1. The molecular weight excluding hydrogens is 302 g/mol. The molecule has 7 heteroatoms. The summed E-state index contributed by atoms with van der Waals surface area (Å²) >= 11 is 0. The van der Waals surface area contributed by atoms with E-state index in [9.17, 15) is 13.2 Å². The zero-order chi connectivity index (χ0) is 15.5. The van der Waals surface area contributed by atoms with E-state index in [0.717, 1.165) is 0 Å². The summed E-state index contributed by atoms with van der Waals surface area (Å²) in [7, 11) is 2.76. The van der Waals surface area contributed by atoms with E-state index in [1.165, 1.54) is 13.2 Å². The van der Waals surface area contributed by atoms with E-state index in [0.29, 0.717) is 17.7 Å². The van der Waals surface area contributed by atoms with Gasteiger partial charge in [-0.05, 0) is 31.0 Å². The Morgan fingerprint density at radius 1 is 1.45 bits per heavy atom. The van der Waals surface area contributed by atoms with Crippen LogP contribution in [-0.4, -0.2) is 21.4 Å². The molecule has 0 aliphatic carbocycles. The second-order valence-electron chi connectivity index (χ2n) is 4.58. The summed E-state index contributed by atoms with van der Waals surface area (Å²) < 4.78 is 28.2. The summed E-state index contributed by atoms with van der Waals surface area (Å²) in [6.45, 7) is 5.40. The smallest absolute Gasteiger partial charge is 0.265 e. The molecule has 0 heterocycles. The van der Waals surface area contributed by atoms with Crippen LogP contribution < -0.4 is 10.1 Å². The SMILES string of the molecule is CCC(C)C(=O)Nc1cc(C)cc(S(=O)(=O)Cl)c1OC. The van der Waals surface area contributed by atoms with Gasteiger partial charge in [-0.25, -0.2) is 8.42 Å². The van der Waals surface area contributed by atoms with Crippen molar-refractivity contribution in [2.75, 3.05) is 12.4 Å². The molecule has 0 spiro atoms. The maximum atomic E-state index is 11.9. The molecule has 0 bridgehead atoms. The van der Waals surface area contributed by atoms with Crippen LogP contribution in [0.4, 0.5) is 5.69 Å². The minimum atomic E-state index is -3.96. The first-order chi connectivity index (χ1) is 9.20. The second-order valence-corrected chi connectivity index (χ2v) is 7.11. The Morgan fingerprint density at radius 3 is 2.50 bits per heavy atom. The number of nitrogens with one attached hydrogen (secondary N) is 1. The first-order valence-electron chi connectivity index (χ1n) is 6.14. The fourth-order valence-electron chi connectivity index (χ4n) is 1.67. The van der Waals surface area contributed by atoms with Gasteiger partial charge in [0.05, 0.1) is 12.8 Å². The van der Waals surface area contributed by atoms with Gasteiger partial charge in [0.1, 0.15) is 4.90 Å². The molecular formula is C13H18ClNO4S. The number of methoxy groups -OCH3 is 1. The van der Waals surface area contributed by atoms with E-state index in [1.807, 2.05) is 6.92 Å². The number of hydrogen-bond donors (Lipinski definition) is 1. The Hall–Kier alpha value is -1.27. The van der Waals surface area contributed by atoms with Gasteiger partial charge in [-0.3, -0.25) is 4.79 Å². The Morgan fingerprint density at radius 2 is 2.05 bits per heavy atom. The largest absolute Gasteiger partial charge is 0.493 e. The lowest BCUT2D eigenvalue weighted by Gasteiger charge is -2.16. The van der Waals surface area contributed by atoms with Crippen molar-refractivity contribution in [3.8, 4) is 5.75 Å². The Labute approximate surface area is 123 Å². The van der Waals surface area contributed by atoms with Gasteiger partial charge >= 0.3 is 0 Å².